The zero-order valence-corrected chi connectivity index (χ0v) is 13.2. The summed E-state index contributed by atoms with van der Waals surface area (Å²) in [6.07, 6.45) is 22.6. The van der Waals surface area contributed by atoms with Crippen molar-refractivity contribution in [1.82, 2.24) is 0 Å². The van der Waals surface area contributed by atoms with E-state index in [1.54, 1.807) is 6.08 Å². The van der Waals surface area contributed by atoms with Crippen LogP contribution >= 0.6 is 0 Å². The SMILES string of the molecule is CCCCCCCC=CCCCCCC/C=C\C(=O)O. The minimum atomic E-state index is -0.843. The first-order chi connectivity index (χ1) is 9.77. The minimum absolute atomic E-state index is 0.843. The number of hydrogen-bond acceptors (Lipinski definition) is 1. The molecule has 0 bridgehead atoms. The largest absolute Gasteiger partial charge is 0.478 e. The molecule has 0 atom stereocenters. The first kappa shape index (κ1) is 18.9. The summed E-state index contributed by atoms with van der Waals surface area (Å²) in [5.41, 5.74) is 0. The number of carboxylic acid groups (broad SMARTS) is 1. The third-order valence-electron chi connectivity index (χ3n) is 3.39. The molecule has 0 saturated carbocycles. The molecule has 0 unspecified atom stereocenters. The van der Waals surface area contributed by atoms with Crippen molar-refractivity contribution in [3.05, 3.63) is 24.3 Å². The summed E-state index contributed by atoms with van der Waals surface area (Å²) >= 11 is 0. The molecule has 2 nitrogen and oxygen atoms in total. The molecule has 116 valence electrons. The molecular formula is C18H32O2. The van der Waals surface area contributed by atoms with Crippen LogP contribution < -0.4 is 0 Å². The normalized spacial score (nSPS) is 11.7. The van der Waals surface area contributed by atoms with Gasteiger partial charge in [0.2, 0.25) is 0 Å². The highest BCUT2D eigenvalue weighted by atomic mass is 16.4. The number of aliphatic carboxylic acids is 1. The van der Waals surface area contributed by atoms with Gasteiger partial charge in [0.1, 0.15) is 0 Å². The highest BCUT2D eigenvalue weighted by Gasteiger charge is 1.90. The summed E-state index contributed by atoms with van der Waals surface area (Å²) in [7, 11) is 0. The average Bonchev–Trinajstić information content (AvgIpc) is 2.43. The Morgan fingerprint density at radius 3 is 1.65 bits per heavy atom. The van der Waals surface area contributed by atoms with Gasteiger partial charge in [-0.1, -0.05) is 63.7 Å². The van der Waals surface area contributed by atoms with E-state index >= 15 is 0 Å². The lowest BCUT2D eigenvalue weighted by Gasteiger charge is -1.98. The summed E-state index contributed by atoms with van der Waals surface area (Å²) < 4.78 is 0. The summed E-state index contributed by atoms with van der Waals surface area (Å²) in [6.45, 7) is 2.25. The van der Waals surface area contributed by atoms with Crippen molar-refractivity contribution >= 4 is 5.97 Å². The molecule has 0 spiro atoms. The number of hydrogen-bond donors (Lipinski definition) is 1. The lowest BCUT2D eigenvalue weighted by Crippen LogP contribution is -1.85. The van der Waals surface area contributed by atoms with Crippen LogP contribution in [0, 0.1) is 0 Å². The van der Waals surface area contributed by atoms with Crippen molar-refractivity contribution in [2.45, 2.75) is 84.0 Å². The van der Waals surface area contributed by atoms with E-state index in [2.05, 4.69) is 19.1 Å². The summed E-state index contributed by atoms with van der Waals surface area (Å²) in [5, 5.41) is 8.42. The van der Waals surface area contributed by atoms with Crippen molar-refractivity contribution in [1.29, 1.82) is 0 Å². The first-order valence-corrected chi connectivity index (χ1v) is 8.31. The molecule has 0 amide bonds. The van der Waals surface area contributed by atoms with Crippen molar-refractivity contribution in [2.24, 2.45) is 0 Å². The lowest BCUT2D eigenvalue weighted by molar-refractivity contribution is -0.131. The molecule has 0 aromatic heterocycles. The standard InChI is InChI=1S/C18H32O2/c1-2-3-4-5-6-7-8-9-10-11-12-13-14-15-16-17-18(19)20/h8-9,16-17H,2-7,10-15H2,1H3,(H,19,20)/b9-8?,17-16-. The number of unbranched alkanes of at least 4 members (excludes halogenated alkanes) is 10. The van der Waals surface area contributed by atoms with Gasteiger partial charge in [-0.3, -0.25) is 0 Å². The Morgan fingerprint density at radius 2 is 1.20 bits per heavy atom. The molecule has 0 aromatic rings. The Kier molecular flexibility index (Phi) is 15.2. The number of carboxylic acids is 1. The second-order valence-corrected chi connectivity index (χ2v) is 5.41. The van der Waals surface area contributed by atoms with E-state index in [9.17, 15) is 4.79 Å². The van der Waals surface area contributed by atoms with E-state index < -0.39 is 5.97 Å². The van der Waals surface area contributed by atoms with E-state index in [4.69, 9.17) is 5.11 Å². The third kappa shape index (κ3) is 16.9. The molecule has 0 saturated heterocycles. The highest BCUT2D eigenvalue weighted by molar-refractivity contribution is 5.79. The van der Waals surface area contributed by atoms with Gasteiger partial charge >= 0.3 is 5.97 Å². The van der Waals surface area contributed by atoms with Gasteiger partial charge in [0.05, 0.1) is 0 Å². The van der Waals surface area contributed by atoms with Crippen molar-refractivity contribution in [3.8, 4) is 0 Å². The predicted molar refractivity (Wildman–Crippen MR) is 87.0 cm³/mol. The van der Waals surface area contributed by atoms with E-state index in [1.807, 2.05) is 0 Å². The van der Waals surface area contributed by atoms with Crippen molar-refractivity contribution in [3.63, 3.8) is 0 Å². The molecule has 0 radical (unpaired) electrons. The average molecular weight is 280 g/mol. The molecule has 1 N–H and O–H groups in total. The van der Waals surface area contributed by atoms with Gasteiger partial charge in [-0.15, -0.1) is 0 Å². The Morgan fingerprint density at radius 1 is 0.750 bits per heavy atom. The summed E-state index contributed by atoms with van der Waals surface area (Å²) in [6, 6.07) is 0. The smallest absolute Gasteiger partial charge is 0.327 e. The fourth-order valence-corrected chi connectivity index (χ4v) is 2.16. The van der Waals surface area contributed by atoms with Gasteiger partial charge in [0, 0.05) is 6.08 Å². The van der Waals surface area contributed by atoms with Crippen LogP contribution in [-0.4, -0.2) is 11.1 Å². The van der Waals surface area contributed by atoms with Gasteiger partial charge in [0.25, 0.3) is 0 Å². The van der Waals surface area contributed by atoms with E-state index in [0.29, 0.717) is 0 Å². The zero-order chi connectivity index (χ0) is 14.9. The Bertz CT molecular complexity index is 267. The monoisotopic (exact) mass is 280 g/mol. The number of rotatable bonds is 14. The first-order valence-electron chi connectivity index (χ1n) is 8.31. The van der Waals surface area contributed by atoms with E-state index in [0.717, 1.165) is 12.8 Å². The quantitative estimate of drug-likeness (QED) is 0.245. The highest BCUT2D eigenvalue weighted by Crippen LogP contribution is 2.08. The van der Waals surface area contributed by atoms with Crippen molar-refractivity contribution in [2.75, 3.05) is 0 Å². The second-order valence-electron chi connectivity index (χ2n) is 5.41. The molecule has 0 heterocycles. The van der Waals surface area contributed by atoms with Gasteiger partial charge < -0.3 is 5.11 Å². The topological polar surface area (TPSA) is 37.3 Å². The third-order valence-corrected chi connectivity index (χ3v) is 3.39. The molecule has 0 rings (SSSR count). The van der Waals surface area contributed by atoms with Gasteiger partial charge in [-0.25, -0.2) is 4.79 Å². The second kappa shape index (κ2) is 16.0. The predicted octanol–water partition coefficient (Wildman–Crippen LogP) is 5.88. The summed E-state index contributed by atoms with van der Waals surface area (Å²) in [4.78, 5) is 10.2. The fourth-order valence-electron chi connectivity index (χ4n) is 2.16. The molecule has 20 heavy (non-hydrogen) atoms. The molecular weight excluding hydrogens is 248 g/mol. The molecule has 2 heteroatoms. The molecule has 0 aromatic carbocycles. The maximum atomic E-state index is 10.2. The van der Waals surface area contributed by atoms with Crippen LogP contribution in [0.2, 0.25) is 0 Å². The maximum absolute atomic E-state index is 10.2. The Hall–Kier alpha value is -1.05. The van der Waals surface area contributed by atoms with Crippen LogP contribution in [-0.2, 0) is 4.79 Å². The van der Waals surface area contributed by atoms with Gasteiger partial charge in [-0.05, 0) is 38.5 Å². The van der Waals surface area contributed by atoms with Crippen LogP contribution in [0.5, 0.6) is 0 Å². The number of carbonyl (C=O) groups is 1. The minimum Gasteiger partial charge on any atom is -0.478 e. The lowest BCUT2D eigenvalue weighted by atomic mass is 10.1. The maximum Gasteiger partial charge on any atom is 0.327 e. The number of allylic oxidation sites excluding steroid dienone is 3. The van der Waals surface area contributed by atoms with Crippen LogP contribution in [0.4, 0.5) is 0 Å². The Labute approximate surface area is 125 Å². The van der Waals surface area contributed by atoms with Crippen LogP contribution in [0.1, 0.15) is 84.0 Å². The molecule has 0 aliphatic heterocycles. The van der Waals surface area contributed by atoms with Crippen LogP contribution in [0.3, 0.4) is 0 Å². The summed E-state index contributed by atoms with van der Waals surface area (Å²) in [5.74, 6) is -0.843. The molecule has 0 fully saturated rings. The Balaban J connectivity index is 3.13. The van der Waals surface area contributed by atoms with Gasteiger partial charge in [0.15, 0.2) is 0 Å². The fraction of sp³-hybridized carbons (Fsp3) is 0.722. The van der Waals surface area contributed by atoms with E-state index in [-0.39, 0.29) is 0 Å². The van der Waals surface area contributed by atoms with Crippen LogP contribution in [0.15, 0.2) is 24.3 Å². The van der Waals surface area contributed by atoms with Crippen LogP contribution in [0.25, 0.3) is 0 Å². The zero-order valence-electron chi connectivity index (χ0n) is 13.2. The molecule has 0 aliphatic carbocycles. The van der Waals surface area contributed by atoms with E-state index in [1.165, 1.54) is 70.3 Å². The molecule has 0 aliphatic rings. The van der Waals surface area contributed by atoms with Crippen molar-refractivity contribution < 1.29 is 9.90 Å². The van der Waals surface area contributed by atoms with Gasteiger partial charge in [-0.2, -0.15) is 0 Å².